The number of halogens is 1. The summed E-state index contributed by atoms with van der Waals surface area (Å²) < 4.78 is 19.3. The van der Waals surface area contributed by atoms with Gasteiger partial charge in [-0.05, 0) is 43.7 Å². The molecule has 154 valence electrons. The van der Waals surface area contributed by atoms with Crippen molar-refractivity contribution in [3.05, 3.63) is 77.9 Å². The lowest BCUT2D eigenvalue weighted by Gasteiger charge is -2.45. The molecule has 1 aliphatic heterocycles. The van der Waals surface area contributed by atoms with Crippen LogP contribution in [0.15, 0.2) is 66.5 Å². The van der Waals surface area contributed by atoms with Gasteiger partial charge in [0.2, 0.25) is 0 Å². The molecule has 5 nitrogen and oxygen atoms in total. The Kier molecular flexibility index (Phi) is 5.79. The average Bonchev–Trinajstić information content (AvgIpc) is 2.76. The van der Waals surface area contributed by atoms with Crippen molar-refractivity contribution < 1.29 is 13.9 Å². The van der Waals surface area contributed by atoms with Crippen LogP contribution in [0.3, 0.4) is 0 Å². The van der Waals surface area contributed by atoms with Crippen molar-refractivity contribution in [2.75, 3.05) is 13.3 Å². The minimum absolute atomic E-state index is 0.0805. The zero-order valence-corrected chi connectivity index (χ0v) is 17.1. The van der Waals surface area contributed by atoms with Gasteiger partial charge in [-0.25, -0.2) is 9.18 Å². The molecule has 1 saturated heterocycles. The second-order valence-corrected chi connectivity index (χ2v) is 7.64. The zero-order valence-electron chi connectivity index (χ0n) is 17.1. The van der Waals surface area contributed by atoms with Gasteiger partial charge in [0.25, 0.3) is 0 Å². The van der Waals surface area contributed by atoms with Crippen LogP contribution < -0.4 is 4.74 Å². The molecular weight excluding hydrogens is 381 g/mol. The number of para-hydroxylation sites is 1. The number of rotatable bonds is 5. The average molecular weight is 405 g/mol. The fraction of sp³-hybridized carbons (Fsp3) is 0.292. The van der Waals surface area contributed by atoms with Gasteiger partial charge in [0, 0.05) is 30.7 Å². The van der Waals surface area contributed by atoms with E-state index in [2.05, 4.69) is 22.7 Å². The Bertz CT molecular complexity index is 1070. The molecule has 0 saturated carbocycles. The molecule has 1 fully saturated rings. The number of ether oxygens (including phenoxy) is 1. The van der Waals surface area contributed by atoms with E-state index >= 15 is 0 Å². The molecule has 4 rings (SSSR count). The van der Waals surface area contributed by atoms with Crippen molar-refractivity contribution >= 4 is 16.8 Å². The first-order valence-corrected chi connectivity index (χ1v) is 10.0. The summed E-state index contributed by atoms with van der Waals surface area (Å²) in [6.45, 7) is 5.66. The van der Waals surface area contributed by atoms with Crippen LogP contribution in [-0.2, 0) is 11.3 Å². The third-order valence-corrected chi connectivity index (χ3v) is 5.64. The standard InChI is InChI=1S/C24H24FN3O2/c1-17-13-27(16-30-23-7-3-5-20-6-4-12-26-24(20)23)18(2)22(15-29)28(17)14-19-8-10-21(25)11-9-19/h3-12,17-18H,13-14,16H2,1-2H3/t17-,18+/m1/s1. The van der Waals surface area contributed by atoms with Gasteiger partial charge in [-0.15, -0.1) is 0 Å². The Balaban J connectivity index is 1.48. The van der Waals surface area contributed by atoms with Crippen LogP contribution in [0.2, 0.25) is 0 Å². The lowest BCUT2D eigenvalue weighted by atomic mass is 10.0. The van der Waals surface area contributed by atoms with Gasteiger partial charge in [0.15, 0.2) is 0 Å². The number of pyridine rings is 1. The maximum absolute atomic E-state index is 13.2. The third-order valence-electron chi connectivity index (χ3n) is 5.64. The first-order chi connectivity index (χ1) is 14.6. The molecule has 0 radical (unpaired) electrons. The highest BCUT2D eigenvalue weighted by molar-refractivity contribution is 5.84. The van der Waals surface area contributed by atoms with Gasteiger partial charge in [0.1, 0.15) is 35.5 Å². The maximum Gasteiger partial charge on any atom is 0.147 e. The minimum Gasteiger partial charge on any atom is -0.476 e. The smallest absolute Gasteiger partial charge is 0.147 e. The van der Waals surface area contributed by atoms with Gasteiger partial charge in [0.05, 0.1) is 6.04 Å². The molecule has 0 spiro atoms. The van der Waals surface area contributed by atoms with Crippen LogP contribution in [0.25, 0.3) is 10.9 Å². The summed E-state index contributed by atoms with van der Waals surface area (Å²) in [6.07, 6.45) is 1.75. The lowest BCUT2D eigenvalue weighted by Crippen LogP contribution is -2.55. The molecule has 1 aliphatic rings. The summed E-state index contributed by atoms with van der Waals surface area (Å²) in [4.78, 5) is 20.4. The van der Waals surface area contributed by atoms with Gasteiger partial charge >= 0.3 is 0 Å². The highest BCUT2D eigenvalue weighted by Gasteiger charge is 2.34. The number of fused-ring (bicyclic) bond motifs is 1. The van der Waals surface area contributed by atoms with Gasteiger partial charge in [-0.2, -0.15) is 0 Å². The van der Waals surface area contributed by atoms with E-state index in [1.807, 2.05) is 42.2 Å². The molecule has 0 amide bonds. The van der Waals surface area contributed by atoms with E-state index in [1.54, 1.807) is 18.3 Å². The molecule has 6 heteroatoms. The molecule has 0 aliphatic carbocycles. The van der Waals surface area contributed by atoms with Gasteiger partial charge < -0.3 is 9.64 Å². The SMILES string of the molecule is C[C@@H]1CN(COc2cccc3cccnc23)[C@@H](C)C(=C=O)N1Cc1ccc(F)cc1. The molecule has 0 N–H and O–H groups in total. The third kappa shape index (κ3) is 4.06. The Morgan fingerprint density at radius 3 is 2.67 bits per heavy atom. The van der Waals surface area contributed by atoms with Gasteiger partial charge in [-0.3, -0.25) is 9.88 Å². The predicted octanol–water partition coefficient (Wildman–Crippen LogP) is 4.02. The number of benzene rings is 2. The van der Waals surface area contributed by atoms with Crippen LogP contribution in [0.4, 0.5) is 4.39 Å². The van der Waals surface area contributed by atoms with E-state index in [9.17, 15) is 9.18 Å². The van der Waals surface area contributed by atoms with Crippen molar-refractivity contribution in [1.82, 2.24) is 14.8 Å². The number of hydrogen-bond donors (Lipinski definition) is 0. The van der Waals surface area contributed by atoms with Crippen LogP contribution in [0.5, 0.6) is 5.75 Å². The Morgan fingerprint density at radius 1 is 1.13 bits per heavy atom. The number of aromatic nitrogens is 1. The summed E-state index contributed by atoms with van der Waals surface area (Å²) in [6, 6.07) is 16.1. The Labute approximate surface area is 175 Å². The predicted molar refractivity (Wildman–Crippen MR) is 114 cm³/mol. The first-order valence-electron chi connectivity index (χ1n) is 10.0. The minimum atomic E-state index is -0.267. The second-order valence-electron chi connectivity index (χ2n) is 7.64. The zero-order chi connectivity index (χ0) is 21.1. The number of hydrogen-bond acceptors (Lipinski definition) is 5. The molecule has 1 aromatic heterocycles. The van der Waals surface area contributed by atoms with E-state index < -0.39 is 0 Å². The topological polar surface area (TPSA) is 45.7 Å². The summed E-state index contributed by atoms with van der Waals surface area (Å²) in [5, 5.41) is 1.02. The molecular formula is C24H24FN3O2. The van der Waals surface area contributed by atoms with Crippen LogP contribution in [0.1, 0.15) is 19.4 Å². The summed E-state index contributed by atoms with van der Waals surface area (Å²) in [7, 11) is 0. The number of nitrogens with zero attached hydrogens (tertiary/aromatic N) is 3. The largest absolute Gasteiger partial charge is 0.476 e. The highest BCUT2D eigenvalue weighted by atomic mass is 19.1. The lowest BCUT2D eigenvalue weighted by molar-refractivity contribution is 0.0290. The number of carbonyl (C=O) groups excluding carboxylic acids is 1. The highest BCUT2D eigenvalue weighted by Crippen LogP contribution is 2.27. The van der Waals surface area contributed by atoms with Crippen molar-refractivity contribution in [2.24, 2.45) is 0 Å². The molecule has 2 atom stereocenters. The molecule has 2 heterocycles. The normalized spacial score (nSPS) is 19.7. The summed E-state index contributed by atoms with van der Waals surface area (Å²) in [5.41, 5.74) is 2.36. The Hall–Kier alpha value is -3.21. The Morgan fingerprint density at radius 2 is 1.90 bits per heavy atom. The van der Waals surface area contributed by atoms with Crippen LogP contribution in [-0.4, -0.2) is 46.1 Å². The molecule has 3 aromatic rings. The van der Waals surface area contributed by atoms with E-state index in [1.165, 1.54) is 12.1 Å². The summed E-state index contributed by atoms with van der Waals surface area (Å²) in [5.74, 6) is 2.59. The van der Waals surface area contributed by atoms with Crippen LogP contribution in [0, 0.1) is 5.82 Å². The van der Waals surface area contributed by atoms with Crippen molar-refractivity contribution in [1.29, 1.82) is 0 Å². The van der Waals surface area contributed by atoms with Crippen LogP contribution >= 0.6 is 0 Å². The summed E-state index contributed by atoms with van der Waals surface area (Å²) >= 11 is 0. The number of piperazine rings is 1. The van der Waals surface area contributed by atoms with Crippen molar-refractivity contribution in [3.63, 3.8) is 0 Å². The van der Waals surface area contributed by atoms with E-state index in [0.717, 1.165) is 28.8 Å². The van der Waals surface area contributed by atoms with E-state index in [-0.39, 0.29) is 17.9 Å². The molecule has 0 bridgehead atoms. The fourth-order valence-electron chi connectivity index (χ4n) is 3.93. The molecule has 2 aromatic carbocycles. The fourth-order valence-corrected chi connectivity index (χ4v) is 3.93. The van der Waals surface area contributed by atoms with E-state index in [4.69, 9.17) is 4.74 Å². The van der Waals surface area contributed by atoms with Crippen molar-refractivity contribution in [2.45, 2.75) is 32.5 Å². The molecule has 30 heavy (non-hydrogen) atoms. The van der Waals surface area contributed by atoms with E-state index in [0.29, 0.717) is 19.0 Å². The quantitative estimate of drug-likeness (QED) is 0.600. The first kappa shape index (κ1) is 20.1. The maximum atomic E-state index is 13.2. The monoisotopic (exact) mass is 405 g/mol. The van der Waals surface area contributed by atoms with Gasteiger partial charge in [-0.1, -0.05) is 30.3 Å². The second kappa shape index (κ2) is 8.66. The van der Waals surface area contributed by atoms with Crippen molar-refractivity contribution in [3.8, 4) is 5.75 Å². The molecule has 0 unspecified atom stereocenters.